The van der Waals surface area contributed by atoms with Crippen molar-refractivity contribution < 1.29 is 23.8 Å². The second-order valence-corrected chi connectivity index (χ2v) is 18.4. The van der Waals surface area contributed by atoms with Crippen molar-refractivity contribution in [3.63, 3.8) is 0 Å². The topological polar surface area (TPSA) is 61.8 Å². The van der Waals surface area contributed by atoms with Gasteiger partial charge < -0.3 is 14.2 Å². The lowest BCUT2D eigenvalue weighted by atomic mass is 10.1. The largest absolute Gasteiger partial charge is 0.462 e. The van der Waals surface area contributed by atoms with Crippen molar-refractivity contribution in [2.75, 3.05) is 19.8 Å². The molecule has 0 aromatic rings. The summed E-state index contributed by atoms with van der Waals surface area (Å²) in [6.45, 7) is 7.57. The Balaban J connectivity index is 4.28. The number of unbranched alkanes of at least 4 members (excludes halogenated alkanes) is 26. The van der Waals surface area contributed by atoms with Crippen LogP contribution < -0.4 is 0 Å². The number of carbonyl (C=O) groups is 2. The first-order valence-electron chi connectivity index (χ1n) is 28.1. The molecular formula is C61H106O5. The maximum Gasteiger partial charge on any atom is 0.306 e. The van der Waals surface area contributed by atoms with E-state index in [1.54, 1.807) is 0 Å². The average molecular weight is 920 g/mol. The second-order valence-electron chi connectivity index (χ2n) is 18.4. The molecule has 0 heterocycles. The lowest BCUT2D eigenvalue weighted by Crippen LogP contribution is -2.30. The van der Waals surface area contributed by atoms with Crippen molar-refractivity contribution in [3.8, 4) is 0 Å². The van der Waals surface area contributed by atoms with E-state index in [1.165, 1.54) is 141 Å². The third-order valence-corrected chi connectivity index (χ3v) is 11.9. The van der Waals surface area contributed by atoms with Crippen LogP contribution in [-0.4, -0.2) is 37.9 Å². The predicted molar refractivity (Wildman–Crippen MR) is 288 cm³/mol. The van der Waals surface area contributed by atoms with Gasteiger partial charge in [-0.15, -0.1) is 0 Å². The Labute approximate surface area is 409 Å². The number of rotatable bonds is 51. The number of carbonyl (C=O) groups excluding carboxylic acids is 2. The van der Waals surface area contributed by atoms with Crippen molar-refractivity contribution in [3.05, 3.63) is 85.1 Å². The van der Waals surface area contributed by atoms with E-state index in [0.29, 0.717) is 19.4 Å². The summed E-state index contributed by atoms with van der Waals surface area (Å²) in [4.78, 5) is 25.5. The van der Waals surface area contributed by atoms with Crippen molar-refractivity contribution in [1.29, 1.82) is 0 Å². The third kappa shape index (κ3) is 53.7. The van der Waals surface area contributed by atoms with Crippen LogP contribution in [0.15, 0.2) is 85.1 Å². The minimum Gasteiger partial charge on any atom is -0.462 e. The van der Waals surface area contributed by atoms with Crippen LogP contribution in [-0.2, 0) is 23.8 Å². The fourth-order valence-corrected chi connectivity index (χ4v) is 7.77. The zero-order chi connectivity index (χ0) is 47.7. The molecule has 0 aromatic carbocycles. The molecule has 0 aromatic heterocycles. The van der Waals surface area contributed by atoms with Crippen LogP contribution in [0.25, 0.3) is 0 Å². The standard InChI is InChI=1S/C61H106O5/c1-4-7-10-13-16-19-22-25-27-29-31-32-34-37-39-42-45-48-51-54-60(62)65-58-59(66-61(63)55-52-49-46-43-40-36-24-21-18-15-12-9-6-3)57-64-56-53-50-47-44-41-38-35-33-30-28-26-23-20-17-14-11-8-5-2/h8-9,11-12,17-18,20-21,25-28,36,40,59H,4-7,10,13-16,19,22-24,29-35,37-39,41-58H2,1-3H3/b11-8-,12-9-,20-17-,21-18-,27-25-,28-26-,40-36-. The Hall–Kier alpha value is -2.92. The zero-order valence-corrected chi connectivity index (χ0v) is 43.7. The summed E-state index contributed by atoms with van der Waals surface area (Å²) in [5, 5.41) is 0. The van der Waals surface area contributed by atoms with Gasteiger partial charge in [-0.1, -0.05) is 228 Å². The molecule has 0 spiro atoms. The molecule has 0 saturated carbocycles. The van der Waals surface area contributed by atoms with Gasteiger partial charge in [0.05, 0.1) is 6.61 Å². The highest BCUT2D eigenvalue weighted by Gasteiger charge is 2.17. The van der Waals surface area contributed by atoms with Crippen LogP contribution in [0, 0.1) is 0 Å². The lowest BCUT2D eigenvalue weighted by molar-refractivity contribution is -0.163. The first-order valence-corrected chi connectivity index (χ1v) is 28.1. The quantitative estimate of drug-likeness (QED) is 0.0346. The Morgan fingerprint density at radius 2 is 0.682 bits per heavy atom. The van der Waals surface area contributed by atoms with Gasteiger partial charge in [0.15, 0.2) is 6.10 Å². The smallest absolute Gasteiger partial charge is 0.306 e. The van der Waals surface area contributed by atoms with Crippen LogP contribution >= 0.6 is 0 Å². The Kier molecular flexibility index (Phi) is 53.9. The van der Waals surface area contributed by atoms with Gasteiger partial charge in [-0.05, 0) is 109 Å². The number of ether oxygens (including phenoxy) is 3. The van der Waals surface area contributed by atoms with Crippen LogP contribution in [0.5, 0.6) is 0 Å². The van der Waals surface area contributed by atoms with Gasteiger partial charge in [-0.2, -0.15) is 0 Å². The van der Waals surface area contributed by atoms with Crippen molar-refractivity contribution >= 4 is 11.9 Å². The third-order valence-electron chi connectivity index (χ3n) is 11.9. The lowest BCUT2D eigenvalue weighted by Gasteiger charge is -2.18. The van der Waals surface area contributed by atoms with E-state index >= 15 is 0 Å². The molecular weight excluding hydrogens is 813 g/mol. The molecule has 0 amide bonds. The molecule has 5 heteroatoms. The van der Waals surface area contributed by atoms with E-state index < -0.39 is 6.10 Å². The van der Waals surface area contributed by atoms with E-state index in [1.807, 2.05) is 0 Å². The molecule has 0 aliphatic carbocycles. The molecule has 0 saturated heterocycles. The van der Waals surface area contributed by atoms with E-state index in [0.717, 1.165) is 89.9 Å². The minimum absolute atomic E-state index is 0.0669. The highest BCUT2D eigenvalue weighted by atomic mass is 16.6. The number of hydrogen-bond acceptors (Lipinski definition) is 5. The molecule has 380 valence electrons. The molecule has 0 aliphatic heterocycles. The Morgan fingerprint density at radius 1 is 0.348 bits per heavy atom. The van der Waals surface area contributed by atoms with Crippen molar-refractivity contribution in [2.24, 2.45) is 0 Å². The fourth-order valence-electron chi connectivity index (χ4n) is 7.77. The van der Waals surface area contributed by atoms with Gasteiger partial charge in [0.2, 0.25) is 0 Å². The molecule has 1 unspecified atom stereocenters. The maximum absolute atomic E-state index is 12.8. The van der Waals surface area contributed by atoms with Crippen LogP contribution in [0.3, 0.4) is 0 Å². The minimum atomic E-state index is -0.560. The molecule has 0 aliphatic rings. The summed E-state index contributed by atoms with van der Waals surface area (Å²) in [5.41, 5.74) is 0. The molecule has 0 rings (SSSR count). The zero-order valence-electron chi connectivity index (χ0n) is 43.7. The van der Waals surface area contributed by atoms with Gasteiger partial charge in [-0.25, -0.2) is 0 Å². The summed E-state index contributed by atoms with van der Waals surface area (Å²) < 4.78 is 17.4. The number of allylic oxidation sites excluding steroid dienone is 14. The summed E-state index contributed by atoms with van der Waals surface area (Å²) in [6, 6.07) is 0. The van der Waals surface area contributed by atoms with Gasteiger partial charge in [0.25, 0.3) is 0 Å². The van der Waals surface area contributed by atoms with E-state index in [9.17, 15) is 9.59 Å². The normalized spacial score (nSPS) is 12.8. The van der Waals surface area contributed by atoms with E-state index in [-0.39, 0.29) is 25.2 Å². The van der Waals surface area contributed by atoms with Crippen LogP contribution in [0.4, 0.5) is 0 Å². The van der Waals surface area contributed by atoms with Gasteiger partial charge in [-0.3, -0.25) is 9.59 Å². The first-order chi connectivity index (χ1) is 32.6. The van der Waals surface area contributed by atoms with Gasteiger partial charge in [0, 0.05) is 19.4 Å². The highest BCUT2D eigenvalue weighted by molar-refractivity contribution is 5.70. The molecule has 5 nitrogen and oxygen atoms in total. The average Bonchev–Trinajstić information content (AvgIpc) is 3.32. The monoisotopic (exact) mass is 919 g/mol. The van der Waals surface area contributed by atoms with E-state index in [4.69, 9.17) is 14.2 Å². The maximum atomic E-state index is 12.8. The molecule has 0 radical (unpaired) electrons. The van der Waals surface area contributed by atoms with Gasteiger partial charge in [0.1, 0.15) is 6.61 Å². The first kappa shape index (κ1) is 63.1. The fraction of sp³-hybridized carbons (Fsp3) is 0.738. The van der Waals surface area contributed by atoms with Crippen molar-refractivity contribution in [1.82, 2.24) is 0 Å². The highest BCUT2D eigenvalue weighted by Crippen LogP contribution is 2.15. The van der Waals surface area contributed by atoms with E-state index in [2.05, 4.69) is 106 Å². The Morgan fingerprint density at radius 3 is 1.12 bits per heavy atom. The van der Waals surface area contributed by atoms with Crippen molar-refractivity contribution in [2.45, 2.75) is 271 Å². The second kappa shape index (κ2) is 56.4. The summed E-state index contributed by atoms with van der Waals surface area (Å²) in [5.74, 6) is -0.434. The molecule has 66 heavy (non-hydrogen) atoms. The van der Waals surface area contributed by atoms with Crippen LogP contribution in [0.1, 0.15) is 265 Å². The van der Waals surface area contributed by atoms with Crippen LogP contribution in [0.2, 0.25) is 0 Å². The molecule has 0 fully saturated rings. The summed E-state index contributed by atoms with van der Waals surface area (Å²) >= 11 is 0. The molecule has 0 bridgehead atoms. The number of hydrogen-bond donors (Lipinski definition) is 0. The molecule has 0 N–H and O–H groups in total. The SMILES string of the molecule is CC/C=C\C/C=C\C/C=C\CCCCCCCCCCOCC(COC(=O)CCCCCCCCCCC/C=C\CCCCCCCC)OC(=O)CCCCC/C=C\C/C=C\C/C=C\CC. The molecule has 1 atom stereocenters. The van der Waals surface area contributed by atoms with Gasteiger partial charge >= 0.3 is 11.9 Å². The summed E-state index contributed by atoms with van der Waals surface area (Å²) in [6.07, 6.45) is 74.6. The summed E-state index contributed by atoms with van der Waals surface area (Å²) in [7, 11) is 0. The Bertz CT molecular complexity index is 1220. The predicted octanol–water partition coefficient (Wildman–Crippen LogP) is 19.2. The number of esters is 2.